The van der Waals surface area contributed by atoms with Crippen molar-refractivity contribution < 1.29 is 17.0 Å². The highest BCUT2D eigenvalue weighted by Gasteiger charge is 2.16. The number of nitrogens with zero attached hydrogens (tertiary/aromatic N) is 3. The number of hydrogen-bond donors (Lipinski definition) is 2. The van der Waals surface area contributed by atoms with Gasteiger partial charge in [-0.3, -0.25) is 4.98 Å². The molecule has 3 N–H and O–H groups in total. The number of fused-ring (bicyclic) bond motifs is 1. The van der Waals surface area contributed by atoms with Crippen LogP contribution in [0.1, 0.15) is 6.92 Å². The lowest BCUT2D eigenvalue weighted by atomic mass is 10.5. The van der Waals surface area contributed by atoms with Crippen molar-refractivity contribution in [3.8, 4) is 0 Å². The number of nitrogen functional groups attached to an aromatic ring is 1. The molecule has 2 rings (SSSR count). The topological polar surface area (TPSA) is 80.6 Å². The Balaban J connectivity index is 0.00000112. The maximum atomic E-state index is 11.4. The number of anilines is 1. The Kier molecular flexibility index (Phi) is 2.99. The SMILES string of the molecule is CC[n+]1cnc(N)c2[nH]c(=O)n(C)c21.[Cl-]. The summed E-state index contributed by atoms with van der Waals surface area (Å²) in [6, 6.07) is 0. The molecular weight excluding hydrogens is 218 g/mol. The molecule has 15 heavy (non-hydrogen) atoms. The molecular formula is C8H12ClN5O. The molecule has 0 aliphatic heterocycles. The van der Waals surface area contributed by atoms with Crippen molar-refractivity contribution in [2.24, 2.45) is 7.05 Å². The normalized spacial score (nSPS) is 10.3. The molecule has 2 aromatic heterocycles. The van der Waals surface area contributed by atoms with E-state index in [1.54, 1.807) is 13.4 Å². The molecule has 0 aliphatic carbocycles. The lowest BCUT2D eigenvalue weighted by Crippen LogP contribution is -3.00. The molecule has 0 atom stereocenters. The number of imidazole rings is 1. The van der Waals surface area contributed by atoms with Crippen molar-refractivity contribution >= 4 is 17.0 Å². The van der Waals surface area contributed by atoms with E-state index in [9.17, 15) is 4.79 Å². The van der Waals surface area contributed by atoms with Gasteiger partial charge in [0.25, 0.3) is 5.65 Å². The van der Waals surface area contributed by atoms with Crippen molar-refractivity contribution in [1.82, 2.24) is 14.5 Å². The van der Waals surface area contributed by atoms with Crippen molar-refractivity contribution in [3.05, 3.63) is 16.8 Å². The smallest absolute Gasteiger partial charge is 0.384 e. The van der Waals surface area contributed by atoms with E-state index in [4.69, 9.17) is 5.73 Å². The van der Waals surface area contributed by atoms with Crippen LogP contribution in [0.3, 0.4) is 0 Å². The second-order valence-corrected chi connectivity index (χ2v) is 3.10. The Morgan fingerprint density at radius 2 is 2.33 bits per heavy atom. The third-order valence-electron chi connectivity index (χ3n) is 2.28. The average Bonchev–Trinajstić information content (AvgIpc) is 2.47. The Labute approximate surface area is 92.2 Å². The van der Waals surface area contributed by atoms with Gasteiger partial charge in [-0.15, -0.1) is 0 Å². The Hall–Kier alpha value is -1.56. The first-order valence-corrected chi connectivity index (χ1v) is 4.37. The molecule has 2 aromatic rings. The number of halogens is 1. The minimum atomic E-state index is -0.179. The quantitative estimate of drug-likeness (QED) is 0.492. The van der Waals surface area contributed by atoms with Crippen LogP contribution in [0.25, 0.3) is 11.2 Å². The van der Waals surface area contributed by atoms with Crippen molar-refractivity contribution in [2.45, 2.75) is 13.5 Å². The maximum absolute atomic E-state index is 11.4. The Morgan fingerprint density at radius 1 is 1.67 bits per heavy atom. The second kappa shape index (κ2) is 3.90. The molecule has 0 fully saturated rings. The minimum Gasteiger partial charge on any atom is -1.00 e. The third kappa shape index (κ3) is 1.56. The lowest BCUT2D eigenvalue weighted by molar-refractivity contribution is -0.673. The number of nitrogens with one attached hydrogen (secondary N) is 1. The number of rotatable bonds is 1. The molecule has 0 unspecified atom stereocenters. The standard InChI is InChI=1S/C8H11N5O.ClH/c1-3-13-4-10-6(9)5-7(13)12(2)8(14)11-5;/h4,9H,3H2,1-2H3,(H,11,14);1H. The molecule has 0 bridgehead atoms. The molecule has 0 radical (unpaired) electrons. The molecule has 2 heterocycles. The van der Waals surface area contributed by atoms with E-state index in [1.165, 1.54) is 4.57 Å². The van der Waals surface area contributed by atoms with Gasteiger partial charge in [0.1, 0.15) is 0 Å². The summed E-state index contributed by atoms with van der Waals surface area (Å²) >= 11 is 0. The first kappa shape index (κ1) is 11.5. The van der Waals surface area contributed by atoms with Crippen molar-refractivity contribution in [3.63, 3.8) is 0 Å². The molecule has 0 amide bonds. The summed E-state index contributed by atoms with van der Waals surface area (Å²) in [5.41, 5.74) is 6.84. The summed E-state index contributed by atoms with van der Waals surface area (Å²) in [5, 5.41) is 0. The van der Waals surface area contributed by atoms with E-state index in [1.807, 2.05) is 11.5 Å². The summed E-state index contributed by atoms with van der Waals surface area (Å²) < 4.78 is 3.39. The fraction of sp³-hybridized carbons (Fsp3) is 0.375. The first-order valence-electron chi connectivity index (χ1n) is 4.37. The predicted molar refractivity (Wildman–Crippen MR) is 51.6 cm³/mol. The van der Waals surface area contributed by atoms with Gasteiger partial charge in [0.2, 0.25) is 12.1 Å². The third-order valence-corrected chi connectivity index (χ3v) is 2.28. The number of aromatic nitrogens is 4. The highest BCUT2D eigenvalue weighted by molar-refractivity contribution is 5.78. The van der Waals surface area contributed by atoms with E-state index >= 15 is 0 Å². The van der Waals surface area contributed by atoms with Gasteiger partial charge in [-0.25, -0.2) is 13.9 Å². The zero-order valence-corrected chi connectivity index (χ0v) is 9.25. The van der Waals surface area contributed by atoms with Crippen LogP contribution in [-0.2, 0) is 13.6 Å². The van der Waals surface area contributed by atoms with Crippen LogP contribution in [-0.4, -0.2) is 14.5 Å². The predicted octanol–water partition coefficient (Wildman–Crippen LogP) is -3.84. The number of H-pyrrole nitrogens is 1. The molecule has 0 aliphatic rings. The van der Waals surface area contributed by atoms with Gasteiger partial charge in [-0.05, 0) is 6.92 Å². The minimum absolute atomic E-state index is 0. The lowest BCUT2D eigenvalue weighted by Gasteiger charge is -1.98. The molecule has 0 aromatic carbocycles. The van der Waals surface area contributed by atoms with Gasteiger partial charge >= 0.3 is 5.69 Å². The van der Waals surface area contributed by atoms with E-state index in [0.29, 0.717) is 11.3 Å². The average molecular weight is 230 g/mol. The van der Waals surface area contributed by atoms with Crippen LogP contribution in [0.2, 0.25) is 0 Å². The molecule has 7 heteroatoms. The van der Waals surface area contributed by atoms with Gasteiger partial charge in [0.15, 0.2) is 5.52 Å². The number of hydrogen-bond acceptors (Lipinski definition) is 3. The molecule has 6 nitrogen and oxygen atoms in total. The van der Waals surface area contributed by atoms with Gasteiger partial charge in [0, 0.05) is 0 Å². The van der Waals surface area contributed by atoms with Crippen LogP contribution >= 0.6 is 0 Å². The Morgan fingerprint density at radius 3 is 2.93 bits per heavy atom. The fourth-order valence-corrected chi connectivity index (χ4v) is 1.51. The van der Waals surface area contributed by atoms with Crippen molar-refractivity contribution in [2.75, 3.05) is 5.73 Å². The van der Waals surface area contributed by atoms with E-state index in [-0.39, 0.29) is 18.1 Å². The second-order valence-electron chi connectivity index (χ2n) is 3.10. The Bertz CT molecular complexity index is 544. The summed E-state index contributed by atoms with van der Waals surface area (Å²) in [7, 11) is 1.70. The van der Waals surface area contributed by atoms with Crippen LogP contribution in [0, 0.1) is 0 Å². The highest BCUT2D eigenvalue weighted by atomic mass is 35.5. The fourth-order valence-electron chi connectivity index (χ4n) is 1.51. The zero-order valence-electron chi connectivity index (χ0n) is 8.49. The highest BCUT2D eigenvalue weighted by Crippen LogP contribution is 2.08. The summed E-state index contributed by atoms with van der Waals surface area (Å²) in [4.78, 5) is 18.0. The summed E-state index contributed by atoms with van der Waals surface area (Å²) in [6.07, 6.45) is 1.63. The number of aromatic amines is 1. The van der Waals surface area contributed by atoms with Crippen LogP contribution in [0.4, 0.5) is 5.82 Å². The van der Waals surface area contributed by atoms with E-state index in [0.717, 1.165) is 12.2 Å². The maximum Gasteiger partial charge on any atom is 0.384 e. The monoisotopic (exact) mass is 229 g/mol. The number of nitrogens with two attached hydrogens (primary N) is 1. The number of aryl methyl sites for hydroxylation is 2. The zero-order chi connectivity index (χ0) is 10.3. The van der Waals surface area contributed by atoms with E-state index in [2.05, 4.69) is 9.97 Å². The van der Waals surface area contributed by atoms with E-state index < -0.39 is 0 Å². The van der Waals surface area contributed by atoms with Crippen LogP contribution in [0.15, 0.2) is 11.1 Å². The largest absolute Gasteiger partial charge is 1.00 e. The molecule has 0 spiro atoms. The summed E-state index contributed by atoms with van der Waals surface area (Å²) in [6.45, 7) is 2.73. The van der Waals surface area contributed by atoms with Crippen LogP contribution < -0.4 is 28.4 Å². The first-order chi connectivity index (χ1) is 6.65. The summed E-state index contributed by atoms with van der Waals surface area (Å²) in [5.74, 6) is 0.349. The molecule has 82 valence electrons. The van der Waals surface area contributed by atoms with Crippen molar-refractivity contribution in [1.29, 1.82) is 0 Å². The molecule has 0 saturated heterocycles. The van der Waals surface area contributed by atoms with Gasteiger partial charge in [-0.1, -0.05) is 4.98 Å². The van der Waals surface area contributed by atoms with Gasteiger partial charge in [-0.2, -0.15) is 0 Å². The van der Waals surface area contributed by atoms with Gasteiger partial charge in [0.05, 0.1) is 13.6 Å². The van der Waals surface area contributed by atoms with Gasteiger partial charge < -0.3 is 18.1 Å². The molecule has 0 saturated carbocycles. The van der Waals surface area contributed by atoms with Crippen LogP contribution in [0.5, 0.6) is 0 Å².